The highest BCUT2D eigenvalue weighted by Gasteiger charge is 2.33. The quantitative estimate of drug-likeness (QED) is 0.689. The summed E-state index contributed by atoms with van der Waals surface area (Å²) in [5.41, 5.74) is 2.18. The summed E-state index contributed by atoms with van der Waals surface area (Å²) < 4.78 is 9.96. The summed E-state index contributed by atoms with van der Waals surface area (Å²) in [5, 5.41) is 21.4. The minimum absolute atomic E-state index is 0.00274. The van der Waals surface area contributed by atoms with E-state index in [-0.39, 0.29) is 17.1 Å². The van der Waals surface area contributed by atoms with Crippen molar-refractivity contribution in [3.05, 3.63) is 69.8 Å². The second-order valence-corrected chi connectivity index (χ2v) is 7.15. The summed E-state index contributed by atoms with van der Waals surface area (Å²) in [6.45, 7) is 2.02. The van der Waals surface area contributed by atoms with Crippen molar-refractivity contribution in [2.75, 3.05) is 14.2 Å². The summed E-state index contributed by atoms with van der Waals surface area (Å²) in [5.74, 6) is -0.667. The number of phenols is 1. The van der Waals surface area contributed by atoms with Gasteiger partial charge in [-0.1, -0.05) is 49.0 Å². The number of aromatic hydroxyl groups is 1. The number of ether oxygens (including phenoxy) is 2. The fourth-order valence-electron chi connectivity index (χ4n) is 2.88. The number of phenolic OH excluding ortho intramolecular Hbond substituents is 1. The lowest BCUT2D eigenvalue weighted by Crippen LogP contribution is -2.10. The molecular formula is C22H21NO5S. The van der Waals surface area contributed by atoms with E-state index in [9.17, 15) is 15.0 Å². The van der Waals surface area contributed by atoms with Crippen molar-refractivity contribution < 1.29 is 24.5 Å². The lowest BCUT2D eigenvalue weighted by molar-refractivity contribution is -0.135. The molecule has 3 rings (SSSR count). The first-order chi connectivity index (χ1) is 14.0. The van der Waals surface area contributed by atoms with Crippen LogP contribution in [0.25, 0.3) is 6.08 Å². The lowest BCUT2D eigenvalue weighted by atomic mass is 10.1. The SMILES string of the molecule is CCc1ccccc1N=C1S/C(=C/c2cccc(OC)c2O)C(O)=C1C(=O)OC. The zero-order valence-electron chi connectivity index (χ0n) is 16.3. The molecule has 2 N–H and O–H groups in total. The number of carbonyl (C=O) groups is 1. The third-order valence-electron chi connectivity index (χ3n) is 4.41. The third kappa shape index (κ3) is 4.14. The highest BCUT2D eigenvalue weighted by Crippen LogP contribution is 2.42. The summed E-state index contributed by atoms with van der Waals surface area (Å²) in [7, 11) is 2.71. The van der Waals surface area contributed by atoms with Crippen molar-refractivity contribution in [2.24, 2.45) is 4.99 Å². The molecular weight excluding hydrogens is 390 g/mol. The van der Waals surface area contributed by atoms with Crippen molar-refractivity contribution in [3.63, 3.8) is 0 Å². The van der Waals surface area contributed by atoms with E-state index in [0.717, 1.165) is 29.4 Å². The topological polar surface area (TPSA) is 88.4 Å². The third-order valence-corrected chi connectivity index (χ3v) is 5.43. The Kier molecular flexibility index (Phi) is 6.29. The number of aliphatic hydroxyl groups excluding tert-OH is 1. The summed E-state index contributed by atoms with van der Waals surface area (Å²) in [4.78, 5) is 17.3. The van der Waals surface area contributed by atoms with Crippen molar-refractivity contribution in [1.29, 1.82) is 0 Å². The number of nitrogens with zero attached hydrogens (tertiary/aromatic N) is 1. The first-order valence-electron chi connectivity index (χ1n) is 8.94. The van der Waals surface area contributed by atoms with Crippen LogP contribution in [0.15, 0.2) is 63.7 Å². The van der Waals surface area contributed by atoms with E-state index in [1.54, 1.807) is 24.3 Å². The van der Waals surface area contributed by atoms with Gasteiger partial charge in [0.25, 0.3) is 0 Å². The number of aryl methyl sites for hydroxylation is 1. The van der Waals surface area contributed by atoms with Gasteiger partial charge in [-0.15, -0.1) is 0 Å². The van der Waals surface area contributed by atoms with Crippen LogP contribution in [0.1, 0.15) is 18.1 Å². The van der Waals surface area contributed by atoms with Crippen molar-refractivity contribution in [1.82, 2.24) is 0 Å². The van der Waals surface area contributed by atoms with Gasteiger partial charge in [0.15, 0.2) is 11.5 Å². The maximum Gasteiger partial charge on any atom is 0.344 e. The maximum absolute atomic E-state index is 12.3. The molecule has 0 fully saturated rings. The van der Waals surface area contributed by atoms with Gasteiger partial charge in [-0.05, 0) is 30.2 Å². The van der Waals surface area contributed by atoms with E-state index in [4.69, 9.17) is 9.47 Å². The zero-order valence-corrected chi connectivity index (χ0v) is 17.1. The summed E-state index contributed by atoms with van der Waals surface area (Å²) in [6, 6.07) is 12.6. The summed E-state index contributed by atoms with van der Waals surface area (Å²) in [6.07, 6.45) is 2.36. The minimum atomic E-state index is -0.680. The first-order valence-corrected chi connectivity index (χ1v) is 9.76. The van der Waals surface area contributed by atoms with Gasteiger partial charge in [0, 0.05) is 5.56 Å². The molecule has 0 aliphatic carbocycles. The largest absolute Gasteiger partial charge is 0.506 e. The van der Waals surface area contributed by atoms with Crippen LogP contribution < -0.4 is 4.74 Å². The minimum Gasteiger partial charge on any atom is -0.506 e. The highest BCUT2D eigenvalue weighted by atomic mass is 32.2. The fourth-order valence-corrected chi connectivity index (χ4v) is 3.90. The molecule has 150 valence electrons. The number of carbonyl (C=O) groups excluding carboxylic acids is 1. The second-order valence-electron chi connectivity index (χ2n) is 6.12. The normalized spacial score (nSPS) is 16.5. The van der Waals surface area contributed by atoms with Crippen LogP contribution in [-0.2, 0) is 16.0 Å². The van der Waals surface area contributed by atoms with Crippen molar-refractivity contribution >= 4 is 34.5 Å². The molecule has 0 saturated heterocycles. The number of hydrogen-bond acceptors (Lipinski definition) is 7. The van der Waals surface area contributed by atoms with Gasteiger partial charge in [0.1, 0.15) is 16.4 Å². The zero-order chi connectivity index (χ0) is 21.0. The van der Waals surface area contributed by atoms with Gasteiger partial charge in [-0.2, -0.15) is 0 Å². The van der Waals surface area contributed by atoms with Crippen LogP contribution in [0.4, 0.5) is 5.69 Å². The molecule has 29 heavy (non-hydrogen) atoms. The van der Waals surface area contributed by atoms with Crippen LogP contribution in [0.3, 0.4) is 0 Å². The van der Waals surface area contributed by atoms with Gasteiger partial charge in [0.05, 0.1) is 24.8 Å². The number of methoxy groups -OCH3 is 2. The number of aliphatic hydroxyl groups is 1. The number of esters is 1. The van der Waals surface area contributed by atoms with Crippen LogP contribution in [-0.4, -0.2) is 35.4 Å². The van der Waals surface area contributed by atoms with Gasteiger partial charge < -0.3 is 19.7 Å². The molecule has 2 aromatic rings. The van der Waals surface area contributed by atoms with E-state index in [0.29, 0.717) is 21.3 Å². The molecule has 1 heterocycles. The van der Waals surface area contributed by atoms with Gasteiger partial charge in [0.2, 0.25) is 0 Å². The van der Waals surface area contributed by atoms with Crippen LogP contribution in [0.5, 0.6) is 11.5 Å². The lowest BCUT2D eigenvalue weighted by Gasteiger charge is -2.06. The van der Waals surface area contributed by atoms with Gasteiger partial charge >= 0.3 is 5.97 Å². The standard InChI is InChI=1S/C22H21NO5S/c1-4-13-8-5-6-10-15(13)23-21-18(22(26)28-3)20(25)17(29-21)12-14-9-7-11-16(27-2)19(14)24/h5-12,24-25H,4H2,1-3H3/b17-12+,23-21?. The Bertz CT molecular complexity index is 1040. The number of rotatable bonds is 5. The molecule has 7 heteroatoms. The van der Waals surface area contributed by atoms with Crippen LogP contribution in [0.2, 0.25) is 0 Å². The number of hydrogen-bond donors (Lipinski definition) is 2. The molecule has 2 aromatic carbocycles. The Hall–Kier alpha value is -3.19. The predicted molar refractivity (Wildman–Crippen MR) is 115 cm³/mol. The van der Waals surface area contributed by atoms with E-state index in [2.05, 4.69) is 4.99 Å². The monoisotopic (exact) mass is 411 g/mol. The average molecular weight is 411 g/mol. The molecule has 0 radical (unpaired) electrons. The maximum atomic E-state index is 12.3. The predicted octanol–water partition coefficient (Wildman–Crippen LogP) is 4.77. The van der Waals surface area contributed by atoms with Gasteiger partial charge in [-0.3, -0.25) is 0 Å². The molecule has 0 aromatic heterocycles. The van der Waals surface area contributed by atoms with E-state index < -0.39 is 5.97 Å². The molecule has 0 spiro atoms. The Morgan fingerprint density at radius 1 is 1.14 bits per heavy atom. The van der Waals surface area contributed by atoms with E-state index in [1.807, 2.05) is 31.2 Å². The number of benzene rings is 2. The molecule has 0 atom stereocenters. The molecule has 0 amide bonds. The fraction of sp³-hybridized carbons (Fsp3) is 0.182. The summed E-state index contributed by atoms with van der Waals surface area (Å²) >= 11 is 1.14. The van der Waals surface area contributed by atoms with Crippen molar-refractivity contribution in [2.45, 2.75) is 13.3 Å². The highest BCUT2D eigenvalue weighted by molar-refractivity contribution is 8.18. The Labute approximate surface area is 173 Å². The number of aliphatic imine (C=N–C) groups is 1. The molecule has 6 nitrogen and oxygen atoms in total. The van der Waals surface area contributed by atoms with Crippen molar-refractivity contribution in [3.8, 4) is 11.5 Å². The molecule has 1 aliphatic rings. The Morgan fingerprint density at radius 3 is 2.59 bits per heavy atom. The second kappa shape index (κ2) is 8.87. The smallest absolute Gasteiger partial charge is 0.344 e. The average Bonchev–Trinajstić information content (AvgIpc) is 3.04. The molecule has 0 unspecified atom stereocenters. The Morgan fingerprint density at radius 2 is 1.90 bits per heavy atom. The molecule has 0 bridgehead atoms. The molecule has 1 aliphatic heterocycles. The Balaban J connectivity index is 2.10. The first kappa shape index (κ1) is 20.5. The number of thioether (sulfide) groups is 1. The molecule has 0 saturated carbocycles. The van der Waals surface area contributed by atoms with Gasteiger partial charge in [-0.25, -0.2) is 9.79 Å². The van der Waals surface area contributed by atoms with E-state index >= 15 is 0 Å². The van der Waals surface area contributed by atoms with Crippen LogP contribution >= 0.6 is 11.8 Å². The van der Waals surface area contributed by atoms with Crippen LogP contribution in [0, 0.1) is 0 Å². The van der Waals surface area contributed by atoms with E-state index in [1.165, 1.54) is 14.2 Å². The number of para-hydroxylation sites is 2.